The van der Waals surface area contributed by atoms with E-state index in [9.17, 15) is 0 Å². The molecular formula is C9H16N4S. The van der Waals surface area contributed by atoms with Gasteiger partial charge in [-0.1, -0.05) is 0 Å². The quantitative estimate of drug-likeness (QED) is 0.506. The van der Waals surface area contributed by atoms with E-state index in [-0.39, 0.29) is 0 Å². The summed E-state index contributed by atoms with van der Waals surface area (Å²) in [6.07, 6.45) is 2.42. The maximum atomic E-state index is 5.25. The van der Waals surface area contributed by atoms with E-state index in [1.165, 1.54) is 17.8 Å². The molecule has 0 bridgehead atoms. The lowest BCUT2D eigenvalue weighted by Gasteiger charge is -2.20. The van der Waals surface area contributed by atoms with Gasteiger partial charge in [0.05, 0.1) is 17.2 Å². The Morgan fingerprint density at radius 1 is 1.57 bits per heavy atom. The number of nitrogens with zero attached hydrogens (tertiary/aromatic N) is 1. The van der Waals surface area contributed by atoms with Crippen molar-refractivity contribution in [2.75, 3.05) is 13.1 Å². The molecule has 2 heterocycles. The van der Waals surface area contributed by atoms with Crippen LogP contribution in [0.5, 0.6) is 0 Å². The Hall–Kier alpha value is -0.490. The van der Waals surface area contributed by atoms with Crippen molar-refractivity contribution in [3.8, 4) is 0 Å². The van der Waals surface area contributed by atoms with Crippen molar-refractivity contribution in [1.82, 2.24) is 15.7 Å². The van der Waals surface area contributed by atoms with Crippen molar-refractivity contribution in [3.63, 3.8) is 0 Å². The van der Waals surface area contributed by atoms with Crippen molar-refractivity contribution in [3.05, 3.63) is 16.1 Å². The summed E-state index contributed by atoms with van der Waals surface area (Å²) in [5.74, 6) is 5.91. The van der Waals surface area contributed by atoms with Gasteiger partial charge >= 0.3 is 0 Å². The van der Waals surface area contributed by atoms with E-state index in [4.69, 9.17) is 5.84 Å². The maximum absolute atomic E-state index is 5.25. The van der Waals surface area contributed by atoms with Crippen molar-refractivity contribution < 1.29 is 0 Å². The fourth-order valence-electron chi connectivity index (χ4n) is 1.76. The van der Waals surface area contributed by atoms with Gasteiger partial charge in [-0.05, 0) is 25.9 Å². The topological polar surface area (TPSA) is 63.0 Å². The molecule has 14 heavy (non-hydrogen) atoms. The fraction of sp³-hybridized carbons (Fsp3) is 0.667. The number of nitrogens with one attached hydrogen (secondary N) is 2. The van der Waals surface area contributed by atoms with Crippen molar-refractivity contribution in [2.24, 2.45) is 5.84 Å². The minimum absolute atomic E-state index is 0.660. The number of aromatic nitrogens is 1. The van der Waals surface area contributed by atoms with Gasteiger partial charge in [-0.3, -0.25) is 11.3 Å². The summed E-state index contributed by atoms with van der Waals surface area (Å²) in [5.41, 5.74) is 3.69. The van der Waals surface area contributed by atoms with Crippen LogP contribution in [-0.4, -0.2) is 18.1 Å². The Labute approximate surface area is 87.9 Å². The van der Waals surface area contributed by atoms with Crippen LogP contribution >= 0.6 is 11.3 Å². The second kappa shape index (κ2) is 4.84. The molecule has 2 rings (SSSR count). The van der Waals surface area contributed by atoms with Gasteiger partial charge in [0.15, 0.2) is 0 Å². The molecule has 0 aromatic carbocycles. The first-order valence-electron chi connectivity index (χ1n) is 4.98. The normalized spacial score (nSPS) is 18.6. The molecule has 78 valence electrons. The highest BCUT2D eigenvalue weighted by Crippen LogP contribution is 2.27. The van der Waals surface area contributed by atoms with E-state index in [0.717, 1.165) is 18.8 Å². The van der Waals surface area contributed by atoms with Crippen LogP contribution in [0.3, 0.4) is 0 Å². The average molecular weight is 212 g/mol. The van der Waals surface area contributed by atoms with E-state index < -0.39 is 0 Å². The largest absolute Gasteiger partial charge is 0.317 e. The monoisotopic (exact) mass is 212 g/mol. The van der Waals surface area contributed by atoms with Gasteiger partial charge in [-0.2, -0.15) is 0 Å². The number of hydrogen-bond acceptors (Lipinski definition) is 5. The molecule has 1 aliphatic rings. The minimum Gasteiger partial charge on any atom is -0.317 e. The zero-order chi connectivity index (χ0) is 9.80. The van der Waals surface area contributed by atoms with Crippen LogP contribution < -0.4 is 16.6 Å². The number of rotatable bonds is 3. The molecule has 1 fully saturated rings. The van der Waals surface area contributed by atoms with E-state index in [1.54, 1.807) is 11.3 Å². The van der Waals surface area contributed by atoms with E-state index >= 15 is 0 Å². The van der Waals surface area contributed by atoms with Gasteiger partial charge in [0.25, 0.3) is 0 Å². The first kappa shape index (κ1) is 10.0. The maximum Gasteiger partial charge on any atom is 0.0960 e. The molecular weight excluding hydrogens is 196 g/mol. The first-order valence-corrected chi connectivity index (χ1v) is 5.86. The molecule has 4 nitrogen and oxygen atoms in total. The summed E-state index contributed by atoms with van der Waals surface area (Å²) in [6.45, 7) is 2.91. The zero-order valence-electron chi connectivity index (χ0n) is 8.12. The lowest BCUT2D eigenvalue weighted by atomic mass is 9.99. The fourth-order valence-corrected chi connectivity index (χ4v) is 2.76. The third-order valence-electron chi connectivity index (χ3n) is 2.54. The molecule has 1 aromatic heterocycles. The number of thiazole rings is 1. The summed E-state index contributed by atoms with van der Waals surface area (Å²) < 4.78 is 0. The highest BCUT2D eigenvalue weighted by Gasteiger charge is 2.17. The van der Waals surface area contributed by atoms with Crippen LogP contribution in [0, 0.1) is 0 Å². The number of hydrazine groups is 1. The van der Waals surface area contributed by atoms with E-state index in [2.05, 4.69) is 21.1 Å². The highest BCUT2D eigenvalue weighted by atomic mass is 32.1. The van der Waals surface area contributed by atoms with Crippen LogP contribution in [0.2, 0.25) is 0 Å². The molecule has 0 radical (unpaired) electrons. The molecule has 1 saturated heterocycles. The van der Waals surface area contributed by atoms with E-state index in [1.807, 2.05) is 0 Å². The van der Waals surface area contributed by atoms with Gasteiger partial charge in [-0.25, -0.2) is 4.98 Å². The summed E-state index contributed by atoms with van der Waals surface area (Å²) in [4.78, 5) is 4.57. The van der Waals surface area contributed by atoms with Crippen LogP contribution in [0.1, 0.15) is 29.5 Å². The highest BCUT2D eigenvalue weighted by molar-refractivity contribution is 7.09. The summed E-state index contributed by atoms with van der Waals surface area (Å²) >= 11 is 1.76. The number of hydrogen-bond donors (Lipinski definition) is 3. The Kier molecular flexibility index (Phi) is 3.47. The molecule has 5 heteroatoms. The second-order valence-corrected chi connectivity index (χ2v) is 4.47. The Balaban J connectivity index is 2.00. The predicted molar refractivity (Wildman–Crippen MR) is 58.0 cm³/mol. The predicted octanol–water partition coefficient (Wildman–Crippen LogP) is 0.573. The number of nitrogens with two attached hydrogens (primary N) is 1. The molecule has 0 unspecified atom stereocenters. The Morgan fingerprint density at radius 3 is 3.07 bits per heavy atom. The van der Waals surface area contributed by atoms with Crippen molar-refractivity contribution >= 4 is 11.3 Å². The lowest BCUT2D eigenvalue weighted by Crippen LogP contribution is -2.26. The standard InChI is InChI=1S/C9H16N4S/c10-12-5-8-6-14-9(13-8)7-1-3-11-4-2-7/h6-7,11-12H,1-5,10H2. The smallest absolute Gasteiger partial charge is 0.0960 e. The molecule has 1 aliphatic heterocycles. The van der Waals surface area contributed by atoms with Crippen molar-refractivity contribution in [1.29, 1.82) is 0 Å². The molecule has 0 aliphatic carbocycles. The molecule has 1 aromatic rings. The van der Waals surface area contributed by atoms with Crippen LogP contribution in [-0.2, 0) is 6.54 Å². The molecule has 0 spiro atoms. The van der Waals surface area contributed by atoms with Crippen LogP contribution in [0.25, 0.3) is 0 Å². The average Bonchev–Trinajstić information content (AvgIpc) is 2.68. The Morgan fingerprint density at radius 2 is 2.36 bits per heavy atom. The van der Waals surface area contributed by atoms with Gasteiger partial charge in [0.1, 0.15) is 0 Å². The third-order valence-corrected chi connectivity index (χ3v) is 3.60. The zero-order valence-corrected chi connectivity index (χ0v) is 8.94. The van der Waals surface area contributed by atoms with Crippen LogP contribution in [0.15, 0.2) is 5.38 Å². The minimum atomic E-state index is 0.660. The summed E-state index contributed by atoms with van der Waals surface area (Å²) in [5, 5.41) is 6.73. The van der Waals surface area contributed by atoms with Gasteiger partial charge in [0.2, 0.25) is 0 Å². The lowest BCUT2D eigenvalue weighted by molar-refractivity contribution is 0.458. The van der Waals surface area contributed by atoms with Gasteiger partial charge in [-0.15, -0.1) is 11.3 Å². The molecule has 0 saturated carbocycles. The third kappa shape index (κ3) is 2.30. The second-order valence-electron chi connectivity index (χ2n) is 3.58. The first-order chi connectivity index (χ1) is 6.90. The van der Waals surface area contributed by atoms with Gasteiger partial charge < -0.3 is 5.32 Å². The SMILES string of the molecule is NNCc1csc(C2CCNCC2)n1. The molecule has 0 amide bonds. The number of piperidine rings is 1. The molecule has 4 N–H and O–H groups in total. The molecule has 0 atom stereocenters. The Bertz CT molecular complexity index is 280. The van der Waals surface area contributed by atoms with Crippen molar-refractivity contribution in [2.45, 2.75) is 25.3 Å². The van der Waals surface area contributed by atoms with E-state index in [0.29, 0.717) is 12.5 Å². The summed E-state index contributed by atoms with van der Waals surface area (Å²) in [6, 6.07) is 0. The summed E-state index contributed by atoms with van der Waals surface area (Å²) in [7, 11) is 0. The van der Waals surface area contributed by atoms with Crippen LogP contribution in [0.4, 0.5) is 0 Å². The van der Waals surface area contributed by atoms with Gasteiger partial charge in [0, 0.05) is 11.3 Å².